The average Bonchev–Trinajstić information content (AvgIpc) is 2.86. The highest BCUT2D eigenvalue weighted by Crippen LogP contribution is 2.12. The first-order valence-corrected chi connectivity index (χ1v) is 9.42. The Labute approximate surface area is 147 Å². The molecule has 2 rings (SSSR count). The molecular formula is C20H33N3O. The topological polar surface area (TPSA) is 49.6 Å². The molecular weight excluding hydrogens is 298 g/mol. The van der Waals surface area contributed by atoms with Crippen LogP contribution in [0.5, 0.6) is 0 Å². The van der Waals surface area contributed by atoms with E-state index >= 15 is 0 Å². The molecule has 0 radical (unpaired) electrons. The van der Waals surface area contributed by atoms with E-state index in [1.54, 1.807) is 0 Å². The molecule has 1 heterocycles. The maximum atomic E-state index is 12.5. The summed E-state index contributed by atoms with van der Waals surface area (Å²) in [5.74, 6) is 0.387. The predicted octanol–water partition coefficient (Wildman–Crippen LogP) is 2.53. The lowest BCUT2D eigenvalue weighted by molar-refractivity contribution is -0.133. The normalized spacial score (nSPS) is 18.9. The Bertz CT molecular complexity index is 491. The van der Waals surface area contributed by atoms with Crippen molar-refractivity contribution in [3.8, 4) is 0 Å². The van der Waals surface area contributed by atoms with Crippen LogP contribution in [0, 0.1) is 5.92 Å². The molecule has 2 atom stereocenters. The number of hydrogen-bond donors (Lipinski definition) is 1. The van der Waals surface area contributed by atoms with Gasteiger partial charge in [-0.1, -0.05) is 50.6 Å². The maximum Gasteiger partial charge on any atom is 0.239 e. The number of hydrogen-bond acceptors (Lipinski definition) is 3. The highest BCUT2D eigenvalue weighted by Gasteiger charge is 2.26. The van der Waals surface area contributed by atoms with Crippen LogP contribution >= 0.6 is 0 Å². The van der Waals surface area contributed by atoms with Crippen LogP contribution in [0.3, 0.4) is 0 Å². The van der Waals surface area contributed by atoms with Gasteiger partial charge in [-0.25, -0.2) is 0 Å². The van der Waals surface area contributed by atoms with E-state index in [4.69, 9.17) is 5.73 Å². The van der Waals surface area contributed by atoms with Crippen molar-refractivity contribution in [1.82, 2.24) is 9.80 Å². The van der Waals surface area contributed by atoms with Crippen molar-refractivity contribution in [2.45, 2.75) is 45.6 Å². The van der Waals surface area contributed by atoms with E-state index in [0.29, 0.717) is 0 Å². The molecule has 1 aromatic rings. The zero-order chi connectivity index (χ0) is 17.4. The second-order valence-corrected chi connectivity index (χ2v) is 7.02. The van der Waals surface area contributed by atoms with Crippen LogP contribution in [0.15, 0.2) is 30.3 Å². The third-order valence-electron chi connectivity index (χ3n) is 5.22. The Morgan fingerprint density at radius 3 is 2.62 bits per heavy atom. The zero-order valence-electron chi connectivity index (χ0n) is 15.3. The number of carbonyl (C=O) groups excluding carboxylic acids is 1. The lowest BCUT2D eigenvalue weighted by atomic mass is 9.99. The van der Waals surface area contributed by atoms with Gasteiger partial charge in [0.15, 0.2) is 0 Å². The highest BCUT2D eigenvalue weighted by molar-refractivity contribution is 5.82. The number of nitrogens with zero attached hydrogens (tertiary/aromatic N) is 2. The molecule has 1 aliphatic heterocycles. The summed E-state index contributed by atoms with van der Waals surface area (Å²) in [5, 5.41) is 0. The molecule has 0 spiro atoms. The summed E-state index contributed by atoms with van der Waals surface area (Å²) in [5.41, 5.74) is 7.53. The van der Waals surface area contributed by atoms with E-state index in [-0.39, 0.29) is 17.9 Å². The van der Waals surface area contributed by atoms with Crippen molar-refractivity contribution < 1.29 is 4.79 Å². The quantitative estimate of drug-likeness (QED) is 0.835. The SMILES string of the molecule is CCC(C)C(N)C(=O)N1CCCN(CCCc2ccccc2)CC1. The van der Waals surface area contributed by atoms with Gasteiger partial charge in [-0.2, -0.15) is 0 Å². The molecule has 1 aromatic carbocycles. The minimum atomic E-state index is -0.348. The van der Waals surface area contributed by atoms with Gasteiger partial charge in [0.05, 0.1) is 6.04 Å². The van der Waals surface area contributed by atoms with Crippen LogP contribution in [0.25, 0.3) is 0 Å². The summed E-state index contributed by atoms with van der Waals surface area (Å²) >= 11 is 0. The van der Waals surface area contributed by atoms with Gasteiger partial charge in [0, 0.05) is 19.6 Å². The van der Waals surface area contributed by atoms with Gasteiger partial charge in [-0.05, 0) is 43.8 Å². The summed E-state index contributed by atoms with van der Waals surface area (Å²) in [6.07, 6.45) is 4.29. The Morgan fingerprint density at radius 1 is 1.17 bits per heavy atom. The number of rotatable bonds is 7. The summed E-state index contributed by atoms with van der Waals surface area (Å²) in [6.45, 7) is 8.97. The van der Waals surface area contributed by atoms with Gasteiger partial charge in [0.25, 0.3) is 0 Å². The van der Waals surface area contributed by atoms with Crippen molar-refractivity contribution in [2.24, 2.45) is 11.7 Å². The fourth-order valence-corrected chi connectivity index (χ4v) is 3.27. The molecule has 1 aliphatic rings. The van der Waals surface area contributed by atoms with Crippen LogP contribution < -0.4 is 5.73 Å². The lowest BCUT2D eigenvalue weighted by Gasteiger charge is -2.27. The first kappa shape index (κ1) is 18.9. The van der Waals surface area contributed by atoms with Crippen LogP contribution in [0.1, 0.15) is 38.7 Å². The first-order chi connectivity index (χ1) is 11.6. The van der Waals surface area contributed by atoms with Gasteiger partial charge in [0.1, 0.15) is 0 Å². The summed E-state index contributed by atoms with van der Waals surface area (Å²) in [6, 6.07) is 10.3. The first-order valence-electron chi connectivity index (χ1n) is 9.42. The standard InChI is InChI=1S/C20H33N3O/c1-3-17(2)19(21)20(24)23-14-8-13-22(15-16-23)12-7-11-18-9-5-4-6-10-18/h4-6,9-10,17,19H,3,7-8,11-16,21H2,1-2H3. The number of benzene rings is 1. The van der Waals surface area contributed by atoms with Crippen LogP contribution in [-0.4, -0.2) is 54.5 Å². The lowest BCUT2D eigenvalue weighted by Crippen LogP contribution is -2.48. The van der Waals surface area contributed by atoms with Crippen molar-refractivity contribution in [2.75, 3.05) is 32.7 Å². The summed E-state index contributed by atoms with van der Waals surface area (Å²) in [4.78, 5) is 17.0. The number of amides is 1. The molecule has 2 N–H and O–H groups in total. The number of nitrogens with two attached hydrogens (primary N) is 1. The Balaban J connectivity index is 1.75. The van der Waals surface area contributed by atoms with Crippen molar-refractivity contribution >= 4 is 5.91 Å². The minimum Gasteiger partial charge on any atom is -0.340 e. The van der Waals surface area contributed by atoms with Crippen molar-refractivity contribution in [1.29, 1.82) is 0 Å². The third-order valence-corrected chi connectivity index (χ3v) is 5.22. The van der Waals surface area contributed by atoms with Gasteiger partial charge in [-0.3, -0.25) is 4.79 Å². The summed E-state index contributed by atoms with van der Waals surface area (Å²) in [7, 11) is 0. The van der Waals surface area contributed by atoms with E-state index in [9.17, 15) is 4.79 Å². The Kier molecular flexibility index (Phi) is 7.73. The van der Waals surface area contributed by atoms with E-state index in [1.807, 2.05) is 4.90 Å². The molecule has 0 bridgehead atoms. The third kappa shape index (κ3) is 5.60. The van der Waals surface area contributed by atoms with Crippen LogP contribution in [0.4, 0.5) is 0 Å². The molecule has 0 aromatic heterocycles. The predicted molar refractivity (Wildman–Crippen MR) is 99.8 cm³/mol. The molecule has 0 aliphatic carbocycles. The molecule has 4 heteroatoms. The maximum absolute atomic E-state index is 12.5. The van der Waals surface area contributed by atoms with Crippen LogP contribution in [0.2, 0.25) is 0 Å². The average molecular weight is 332 g/mol. The van der Waals surface area contributed by atoms with Crippen molar-refractivity contribution in [3.05, 3.63) is 35.9 Å². The largest absolute Gasteiger partial charge is 0.340 e. The molecule has 4 nitrogen and oxygen atoms in total. The van der Waals surface area contributed by atoms with Gasteiger partial charge >= 0.3 is 0 Å². The molecule has 2 unspecified atom stereocenters. The minimum absolute atomic E-state index is 0.135. The summed E-state index contributed by atoms with van der Waals surface area (Å²) < 4.78 is 0. The van der Waals surface area contributed by atoms with Gasteiger partial charge in [0.2, 0.25) is 5.91 Å². The number of carbonyl (C=O) groups is 1. The fraction of sp³-hybridized carbons (Fsp3) is 0.650. The smallest absolute Gasteiger partial charge is 0.239 e. The van der Waals surface area contributed by atoms with E-state index < -0.39 is 0 Å². The molecule has 0 saturated carbocycles. The molecule has 1 fully saturated rings. The monoisotopic (exact) mass is 331 g/mol. The second kappa shape index (κ2) is 9.80. The van der Waals surface area contributed by atoms with E-state index in [1.165, 1.54) is 12.0 Å². The Morgan fingerprint density at radius 2 is 1.92 bits per heavy atom. The molecule has 24 heavy (non-hydrogen) atoms. The Hall–Kier alpha value is -1.39. The van der Waals surface area contributed by atoms with Gasteiger partial charge < -0.3 is 15.5 Å². The molecule has 1 saturated heterocycles. The molecule has 1 amide bonds. The van der Waals surface area contributed by atoms with E-state index in [0.717, 1.165) is 52.0 Å². The fourth-order valence-electron chi connectivity index (χ4n) is 3.27. The van der Waals surface area contributed by atoms with E-state index in [2.05, 4.69) is 49.1 Å². The second-order valence-electron chi connectivity index (χ2n) is 7.02. The number of aryl methyl sites for hydroxylation is 1. The zero-order valence-corrected chi connectivity index (χ0v) is 15.3. The highest BCUT2D eigenvalue weighted by atomic mass is 16.2. The molecule has 134 valence electrons. The van der Waals surface area contributed by atoms with Gasteiger partial charge in [-0.15, -0.1) is 0 Å². The van der Waals surface area contributed by atoms with Crippen LogP contribution in [-0.2, 0) is 11.2 Å². The van der Waals surface area contributed by atoms with Crippen molar-refractivity contribution in [3.63, 3.8) is 0 Å².